The van der Waals surface area contributed by atoms with Crippen molar-refractivity contribution in [3.63, 3.8) is 0 Å². The smallest absolute Gasteiger partial charge is 0.383 e. The fraction of sp³-hybridized carbons (Fsp3) is 0.400. The Morgan fingerprint density at radius 1 is 1.57 bits per heavy atom. The summed E-state index contributed by atoms with van der Waals surface area (Å²) in [6.07, 6.45) is 1.73. The maximum absolute atomic E-state index is 11.1. The van der Waals surface area contributed by atoms with E-state index >= 15 is 0 Å². The van der Waals surface area contributed by atoms with Crippen molar-refractivity contribution in [3.8, 4) is 0 Å². The quantitative estimate of drug-likeness (QED) is 0.294. The van der Waals surface area contributed by atoms with Gasteiger partial charge in [0.05, 0.1) is 0 Å². The van der Waals surface area contributed by atoms with E-state index in [0.29, 0.717) is 0 Å². The van der Waals surface area contributed by atoms with Crippen LogP contribution in [0.5, 0.6) is 0 Å². The fourth-order valence-electron chi connectivity index (χ4n) is 0.500. The molecule has 0 radical (unpaired) electrons. The Morgan fingerprint density at radius 3 is 2.50 bits per heavy atom. The Kier molecular flexibility index (Phi) is 5.82. The van der Waals surface area contributed by atoms with Crippen molar-refractivity contribution in [1.29, 1.82) is 0 Å². The second kappa shape index (κ2) is 6.05. The maximum Gasteiger partial charge on any atom is 0.491 e. The number of thioether (sulfide) groups is 1. The number of hydroxylamine groups is 1. The molecule has 0 aliphatic carbocycles. The summed E-state index contributed by atoms with van der Waals surface area (Å²) >= 11 is 1.26. The summed E-state index contributed by atoms with van der Waals surface area (Å²) in [6, 6.07) is 0. The van der Waals surface area contributed by atoms with Crippen LogP contribution >= 0.6 is 19.6 Å². The predicted octanol–water partition coefficient (Wildman–Crippen LogP) is -0.449. The zero-order chi connectivity index (χ0) is 11.2. The SMILES string of the molecule is CN/C(=C\SC)C(=O)NOP(=O)(O)O. The average molecular weight is 242 g/mol. The van der Waals surface area contributed by atoms with Gasteiger partial charge in [-0.1, -0.05) is 0 Å². The van der Waals surface area contributed by atoms with Gasteiger partial charge in [0.2, 0.25) is 0 Å². The van der Waals surface area contributed by atoms with E-state index in [0.717, 1.165) is 0 Å². The van der Waals surface area contributed by atoms with E-state index in [-0.39, 0.29) is 5.70 Å². The first-order chi connectivity index (χ1) is 6.40. The van der Waals surface area contributed by atoms with Crippen molar-refractivity contribution in [2.24, 2.45) is 0 Å². The highest BCUT2D eigenvalue weighted by Gasteiger charge is 2.17. The molecule has 4 N–H and O–H groups in total. The Hall–Kier alpha value is -0.530. The van der Waals surface area contributed by atoms with E-state index in [1.165, 1.54) is 24.2 Å². The zero-order valence-electron chi connectivity index (χ0n) is 7.55. The summed E-state index contributed by atoms with van der Waals surface area (Å²) < 4.78 is 14.0. The van der Waals surface area contributed by atoms with E-state index in [1.54, 1.807) is 11.7 Å². The first-order valence-electron chi connectivity index (χ1n) is 3.36. The molecule has 0 aliphatic heterocycles. The lowest BCUT2D eigenvalue weighted by atomic mass is 10.5. The van der Waals surface area contributed by atoms with Crippen LogP contribution in [0, 0.1) is 0 Å². The van der Waals surface area contributed by atoms with E-state index in [1.807, 2.05) is 0 Å². The molecule has 82 valence electrons. The van der Waals surface area contributed by atoms with Crippen molar-refractivity contribution in [3.05, 3.63) is 11.1 Å². The Bertz CT molecular complexity index is 275. The summed E-state index contributed by atoms with van der Waals surface area (Å²) in [7, 11) is -3.18. The molecule has 0 fully saturated rings. The number of hydrogen-bond acceptors (Lipinski definition) is 5. The first kappa shape index (κ1) is 13.5. The van der Waals surface area contributed by atoms with Crippen LogP contribution in [0.2, 0.25) is 0 Å². The van der Waals surface area contributed by atoms with Crippen LogP contribution < -0.4 is 10.8 Å². The number of carbonyl (C=O) groups excluding carboxylic acids is 1. The highest BCUT2D eigenvalue weighted by Crippen LogP contribution is 2.33. The normalized spacial score (nSPS) is 12.4. The third kappa shape index (κ3) is 6.01. The molecular weight excluding hydrogens is 231 g/mol. The second-order valence-electron chi connectivity index (χ2n) is 2.03. The van der Waals surface area contributed by atoms with E-state index < -0.39 is 13.7 Å². The minimum Gasteiger partial charge on any atom is -0.383 e. The standard InChI is InChI=1S/C5H11N2O5PS/c1-6-4(3-14-2)5(8)7-12-13(9,10)11/h3,6H,1-2H3,(H,7,8)(H2,9,10,11)/b4-3-. The van der Waals surface area contributed by atoms with Crippen molar-refractivity contribution in [2.75, 3.05) is 13.3 Å². The van der Waals surface area contributed by atoms with Gasteiger partial charge in [0.1, 0.15) is 5.70 Å². The van der Waals surface area contributed by atoms with Crippen molar-refractivity contribution in [1.82, 2.24) is 10.8 Å². The summed E-state index contributed by atoms with van der Waals surface area (Å²) in [5, 5.41) is 4.00. The van der Waals surface area contributed by atoms with Crippen LogP contribution in [0.1, 0.15) is 0 Å². The van der Waals surface area contributed by atoms with Gasteiger partial charge in [-0.15, -0.1) is 11.8 Å². The van der Waals surface area contributed by atoms with E-state index in [9.17, 15) is 9.36 Å². The Labute approximate surface area is 85.1 Å². The summed E-state index contributed by atoms with van der Waals surface area (Å²) in [4.78, 5) is 27.6. The molecule has 7 nitrogen and oxygen atoms in total. The Balaban J connectivity index is 4.20. The Morgan fingerprint density at radius 2 is 2.14 bits per heavy atom. The molecule has 0 aromatic heterocycles. The lowest BCUT2D eigenvalue weighted by Crippen LogP contribution is -2.29. The summed E-state index contributed by atoms with van der Waals surface area (Å²) in [6.45, 7) is 0. The number of nitrogens with one attached hydrogen (secondary N) is 2. The van der Waals surface area contributed by atoms with Crippen LogP contribution in [0.15, 0.2) is 11.1 Å². The minimum absolute atomic E-state index is 0.144. The first-order valence-corrected chi connectivity index (χ1v) is 6.17. The van der Waals surface area contributed by atoms with Gasteiger partial charge >= 0.3 is 7.82 Å². The van der Waals surface area contributed by atoms with E-state index in [2.05, 4.69) is 9.94 Å². The molecule has 0 rings (SSSR count). The molecule has 0 aromatic rings. The number of amides is 1. The fourth-order valence-corrected chi connectivity index (χ4v) is 1.16. The van der Waals surface area contributed by atoms with Crippen LogP contribution in [0.4, 0.5) is 0 Å². The molecule has 0 unspecified atom stereocenters. The molecule has 14 heavy (non-hydrogen) atoms. The molecule has 9 heteroatoms. The maximum atomic E-state index is 11.1. The lowest BCUT2D eigenvalue weighted by Gasteiger charge is -2.08. The topological polar surface area (TPSA) is 108 Å². The van der Waals surface area contributed by atoms with Crippen LogP contribution in [-0.2, 0) is 14.0 Å². The monoisotopic (exact) mass is 242 g/mol. The molecule has 0 bridgehead atoms. The highest BCUT2D eigenvalue weighted by molar-refractivity contribution is 8.01. The average Bonchev–Trinajstić information content (AvgIpc) is 2.09. The lowest BCUT2D eigenvalue weighted by molar-refractivity contribution is -0.125. The molecule has 0 saturated carbocycles. The van der Waals surface area contributed by atoms with Gasteiger partial charge < -0.3 is 15.1 Å². The number of rotatable bonds is 5. The van der Waals surface area contributed by atoms with Crippen LogP contribution in [0.25, 0.3) is 0 Å². The van der Waals surface area contributed by atoms with Gasteiger partial charge in [-0.05, 0) is 11.7 Å². The van der Waals surface area contributed by atoms with Gasteiger partial charge in [0, 0.05) is 7.05 Å². The molecule has 0 atom stereocenters. The zero-order valence-corrected chi connectivity index (χ0v) is 9.26. The van der Waals surface area contributed by atoms with Gasteiger partial charge in [-0.3, -0.25) is 4.79 Å². The van der Waals surface area contributed by atoms with Gasteiger partial charge in [0.25, 0.3) is 5.91 Å². The number of carbonyl (C=O) groups is 1. The van der Waals surface area contributed by atoms with E-state index in [4.69, 9.17) is 9.79 Å². The molecule has 0 aliphatic rings. The van der Waals surface area contributed by atoms with Crippen LogP contribution in [0.3, 0.4) is 0 Å². The molecular formula is C5H11N2O5PS. The van der Waals surface area contributed by atoms with Crippen LogP contribution in [-0.4, -0.2) is 29.0 Å². The predicted molar refractivity (Wildman–Crippen MR) is 51.9 cm³/mol. The molecule has 0 saturated heterocycles. The highest BCUT2D eigenvalue weighted by atomic mass is 32.2. The number of phosphoric acid groups is 1. The van der Waals surface area contributed by atoms with Gasteiger partial charge in [0.15, 0.2) is 0 Å². The minimum atomic E-state index is -4.68. The largest absolute Gasteiger partial charge is 0.491 e. The third-order valence-electron chi connectivity index (χ3n) is 1.01. The molecule has 0 heterocycles. The number of likely N-dealkylation sites (N-methyl/N-ethyl adjacent to an activating group) is 1. The van der Waals surface area contributed by atoms with Crippen molar-refractivity contribution >= 4 is 25.5 Å². The summed E-state index contributed by atoms with van der Waals surface area (Å²) in [5.41, 5.74) is 1.76. The second-order valence-corrected chi connectivity index (χ2v) is 3.90. The van der Waals surface area contributed by atoms with Crippen molar-refractivity contribution in [2.45, 2.75) is 0 Å². The summed E-state index contributed by atoms with van der Waals surface area (Å²) in [5.74, 6) is -0.759. The molecule has 0 aromatic carbocycles. The van der Waals surface area contributed by atoms with Gasteiger partial charge in [-0.25, -0.2) is 10.0 Å². The number of hydrogen-bond donors (Lipinski definition) is 4. The molecule has 1 amide bonds. The van der Waals surface area contributed by atoms with Crippen molar-refractivity contribution < 1.29 is 23.8 Å². The van der Waals surface area contributed by atoms with Gasteiger partial charge in [-0.2, -0.15) is 4.62 Å². The third-order valence-corrected chi connectivity index (χ3v) is 1.81. The molecule has 0 spiro atoms.